The first-order chi connectivity index (χ1) is 9.76. The van der Waals surface area contributed by atoms with Crippen molar-refractivity contribution in [3.05, 3.63) is 36.0 Å². The molecule has 2 N–H and O–H groups in total. The van der Waals surface area contributed by atoms with E-state index in [4.69, 9.17) is 0 Å². The van der Waals surface area contributed by atoms with Gasteiger partial charge in [-0.15, -0.1) is 0 Å². The number of rotatable bonds is 4. The van der Waals surface area contributed by atoms with Crippen LogP contribution < -0.4 is 5.32 Å². The van der Waals surface area contributed by atoms with E-state index in [0.717, 1.165) is 16.5 Å². The first kappa shape index (κ1) is 15.6. The Morgan fingerprint density at radius 3 is 2.71 bits per heavy atom. The van der Waals surface area contributed by atoms with Gasteiger partial charge >= 0.3 is 0 Å². The number of hydrogen-bond donors (Lipinski definition) is 2. The maximum absolute atomic E-state index is 11.8. The highest BCUT2D eigenvalue weighted by atomic mass is 16.3. The monoisotopic (exact) mass is 288 g/mol. The minimum absolute atomic E-state index is 0.0256. The molecule has 0 radical (unpaired) electrons. The smallest absolute Gasteiger partial charge is 0.220 e. The van der Waals surface area contributed by atoms with Gasteiger partial charge in [0.2, 0.25) is 5.91 Å². The number of nitrogens with zero attached hydrogens (tertiary/aromatic N) is 1. The summed E-state index contributed by atoms with van der Waals surface area (Å²) in [6.45, 7) is 6.30. The number of aliphatic hydroxyl groups is 1. The number of amides is 1. The van der Waals surface area contributed by atoms with E-state index in [1.807, 2.05) is 62.8 Å². The van der Waals surface area contributed by atoms with Crippen molar-refractivity contribution in [2.45, 2.75) is 33.3 Å². The fraction of sp³-hybridized carbons (Fsp3) is 0.471. The second-order valence-corrected chi connectivity index (χ2v) is 6.80. The zero-order valence-electron chi connectivity index (χ0n) is 13.2. The Kier molecular flexibility index (Phi) is 4.37. The van der Waals surface area contributed by atoms with Gasteiger partial charge < -0.3 is 15.0 Å². The Hall–Kier alpha value is -1.81. The second kappa shape index (κ2) is 5.90. The van der Waals surface area contributed by atoms with E-state index >= 15 is 0 Å². The third kappa shape index (κ3) is 4.08. The van der Waals surface area contributed by atoms with Gasteiger partial charge in [-0.25, -0.2) is 0 Å². The molecule has 1 unspecified atom stereocenters. The number of benzene rings is 1. The first-order valence-corrected chi connectivity index (χ1v) is 7.26. The van der Waals surface area contributed by atoms with E-state index in [9.17, 15) is 9.90 Å². The summed E-state index contributed by atoms with van der Waals surface area (Å²) in [5, 5.41) is 14.1. The van der Waals surface area contributed by atoms with E-state index in [1.54, 1.807) is 0 Å². The standard InChI is InChI=1S/C17H24N2O2/c1-17(2,3)10-16(21)18-11-15(20)13-5-6-14-12(9-13)7-8-19(14)4/h5-9,15,20H,10-11H2,1-4H3,(H,18,21). The summed E-state index contributed by atoms with van der Waals surface area (Å²) in [5.74, 6) is -0.0256. The van der Waals surface area contributed by atoms with Crippen molar-refractivity contribution in [1.82, 2.24) is 9.88 Å². The molecule has 2 rings (SSSR count). The van der Waals surface area contributed by atoms with Crippen molar-refractivity contribution in [3.63, 3.8) is 0 Å². The van der Waals surface area contributed by atoms with Crippen LogP contribution in [0.2, 0.25) is 0 Å². The molecule has 4 heteroatoms. The van der Waals surface area contributed by atoms with E-state index in [2.05, 4.69) is 5.32 Å². The van der Waals surface area contributed by atoms with E-state index in [1.165, 1.54) is 0 Å². The average molecular weight is 288 g/mol. The van der Waals surface area contributed by atoms with Crippen molar-refractivity contribution in [2.75, 3.05) is 6.54 Å². The van der Waals surface area contributed by atoms with E-state index < -0.39 is 6.10 Å². The molecule has 0 aliphatic carbocycles. The van der Waals surface area contributed by atoms with Crippen molar-refractivity contribution in [3.8, 4) is 0 Å². The lowest BCUT2D eigenvalue weighted by Gasteiger charge is -2.18. The number of aliphatic hydroxyl groups excluding tert-OH is 1. The first-order valence-electron chi connectivity index (χ1n) is 7.26. The molecule has 0 saturated carbocycles. The molecular weight excluding hydrogens is 264 g/mol. The van der Waals surface area contributed by atoms with Gasteiger partial charge in [0.1, 0.15) is 0 Å². The van der Waals surface area contributed by atoms with Gasteiger partial charge in [0.25, 0.3) is 0 Å². The molecule has 0 fully saturated rings. The molecule has 1 aromatic heterocycles. The molecule has 0 bridgehead atoms. The van der Waals surface area contributed by atoms with Crippen LogP contribution in [0, 0.1) is 5.41 Å². The fourth-order valence-electron chi connectivity index (χ4n) is 2.38. The molecular formula is C17H24N2O2. The highest BCUT2D eigenvalue weighted by molar-refractivity contribution is 5.81. The summed E-state index contributed by atoms with van der Waals surface area (Å²) in [5.41, 5.74) is 1.91. The Morgan fingerprint density at radius 1 is 1.33 bits per heavy atom. The second-order valence-electron chi connectivity index (χ2n) is 6.80. The number of hydrogen-bond acceptors (Lipinski definition) is 2. The molecule has 2 aromatic rings. The van der Waals surface area contributed by atoms with Crippen LogP contribution in [0.5, 0.6) is 0 Å². The Bertz CT molecular complexity index is 638. The van der Waals surface area contributed by atoms with Gasteiger partial charge in [0.15, 0.2) is 0 Å². The van der Waals surface area contributed by atoms with Crippen LogP contribution in [0.4, 0.5) is 0 Å². The fourth-order valence-corrected chi connectivity index (χ4v) is 2.38. The number of carbonyl (C=O) groups excluding carboxylic acids is 1. The Balaban J connectivity index is 1.98. The summed E-state index contributed by atoms with van der Waals surface area (Å²) >= 11 is 0. The highest BCUT2D eigenvalue weighted by Gasteiger charge is 2.17. The Morgan fingerprint density at radius 2 is 2.05 bits per heavy atom. The summed E-state index contributed by atoms with van der Waals surface area (Å²) in [4.78, 5) is 11.8. The van der Waals surface area contributed by atoms with Crippen molar-refractivity contribution in [2.24, 2.45) is 12.5 Å². The lowest BCUT2D eigenvalue weighted by Crippen LogP contribution is -2.31. The maximum atomic E-state index is 11.8. The summed E-state index contributed by atoms with van der Waals surface area (Å²) in [7, 11) is 1.99. The minimum atomic E-state index is -0.682. The van der Waals surface area contributed by atoms with Gasteiger partial charge in [-0.05, 0) is 34.6 Å². The van der Waals surface area contributed by atoms with Crippen LogP contribution in [0.3, 0.4) is 0 Å². The minimum Gasteiger partial charge on any atom is -0.387 e. The molecule has 1 atom stereocenters. The van der Waals surface area contributed by atoms with Gasteiger partial charge in [-0.2, -0.15) is 0 Å². The average Bonchev–Trinajstić information content (AvgIpc) is 2.75. The highest BCUT2D eigenvalue weighted by Crippen LogP contribution is 2.21. The molecule has 0 aliphatic heterocycles. The molecule has 0 spiro atoms. The predicted octanol–water partition coefficient (Wildman–Crippen LogP) is 2.76. The van der Waals surface area contributed by atoms with Gasteiger partial charge in [0, 0.05) is 31.7 Å². The molecule has 1 heterocycles. The number of carbonyl (C=O) groups is 1. The molecule has 1 aromatic carbocycles. The van der Waals surface area contributed by atoms with Gasteiger partial charge in [-0.1, -0.05) is 26.8 Å². The Labute approximate surface area is 125 Å². The van der Waals surface area contributed by atoms with Crippen LogP contribution >= 0.6 is 0 Å². The molecule has 114 valence electrons. The van der Waals surface area contributed by atoms with E-state index in [0.29, 0.717) is 6.42 Å². The summed E-state index contributed by atoms with van der Waals surface area (Å²) in [6.07, 6.45) is 1.77. The maximum Gasteiger partial charge on any atom is 0.220 e. The van der Waals surface area contributed by atoms with Crippen LogP contribution in [0.1, 0.15) is 38.9 Å². The zero-order valence-corrected chi connectivity index (χ0v) is 13.2. The molecule has 21 heavy (non-hydrogen) atoms. The van der Waals surface area contributed by atoms with Crippen LogP contribution in [-0.4, -0.2) is 22.1 Å². The lowest BCUT2D eigenvalue weighted by atomic mass is 9.92. The third-order valence-electron chi connectivity index (χ3n) is 3.48. The topological polar surface area (TPSA) is 54.3 Å². The van der Waals surface area contributed by atoms with Crippen molar-refractivity contribution in [1.29, 1.82) is 0 Å². The molecule has 0 saturated heterocycles. The molecule has 1 amide bonds. The zero-order chi connectivity index (χ0) is 15.6. The quantitative estimate of drug-likeness (QED) is 0.909. The SMILES string of the molecule is Cn1ccc2cc(C(O)CNC(=O)CC(C)(C)C)ccc21. The van der Waals surface area contributed by atoms with Crippen LogP contribution in [-0.2, 0) is 11.8 Å². The summed E-state index contributed by atoms with van der Waals surface area (Å²) < 4.78 is 2.04. The normalized spacial score (nSPS) is 13.4. The third-order valence-corrected chi connectivity index (χ3v) is 3.48. The summed E-state index contributed by atoms with van der Waals surface area (Å²) in [6, 6.07) is 7.88. The number of nitrogens with one attached hydrogen (secondary N) is 1. The van der Waals surface area contributed by atoms with Crippen LogP contribution in [0.15, 0.2) is 30.5 Å². The lowest BCUT2D eigenvalue weighted by molar-refractivity contribution is -0.123. The predicted molar refractivity (Wildman–Crippen MR) is 85.0 cm³/mol. The van der Waals surface area contributed by atoms with Crippen LogP contribution in [0.25, 0.3) is 10.9 Å². The van der Waals surface area contributed by atoms with Gasteiger partial charge in [0.05, 0.1) is 6.10 Å². The number of aryl methyl sites for hydroxylation is 1. The van der Waals surface area contributed by atoms with Gasteiger partial charge in [-0.3, -0.25) is 4.79 Å². The largest absolute Gasteiger partial charge is 0.387 e. The molecule has 0 aliphatic rings. The van der Waals surface area contributed by atoms with Crippen molar-refractivity contribution >= 4 is 16.8 Å². The number of fused-ring (bicyclic) bond motifs is 1. The number of aromatic nitrogens is 1. The van der Waals surface area contributed by atoms with Crippen molar-refractivity contribution < 1.29 is 9.90 Å². The molecule has 4 nitrogen and oxygen atoms in total. The van der Waals surface area contributed by atoms with E-state index in [-0.39, 0.29) is 17.9 Å².